The number of aryl methyl sites for hydroxylation is 1. The van der Waals surface area contributed by atoms with Crippen LogP contribution in [0, 0.1) is 19.8 Å². The molecule has 2 aromatic carbocycles. The lowest BCUT2D eigenvalue weighted by Gasteiger charge is -2.28. The Kier molecular flexibility index (Phi) is 7.67. The van der Waals surface area contributed by atoms with Crippen LogP contribution in [-0.4, -0.2) is 20.6 Å². The minimum atomic E-state index is -0.220. The summed E-state index contributed by atoms with van der Waals surface area (Å²) in [5.41, 5.74) is 6.36. The maximum absolute atomic E-state index is 12.3. The van der Waals surface area contributed by atoms with E-state index in [2.05, 4.69) is 45.0 Å². The zero-order valence-corrected chi connectivity index (χ0v) is 24.4. The third-order valence-corrected chi connectivity index (χ3v) is 7.94. The first kappa shape index (κ1) is 27.2. The number of anilines is 2. The molecule has 1 amide bonds. The molecule has 6 nitrogen and oxygen atoms in total. The molecule has 2 atom stereocenters. The van der Waals surface area contributed by atoms with Crippen LogP contribution < -0.4 is 15.5 Å². The largest absolute Gasteiger partial charge is 0.351 e. The Balaban J connectivity index is 1.63. The summed E-state index contributed by atoms with van der Waals surface area (Å²) >= 11 is 19.2. The van der Waals surface area contributed by atoms with E-state index in [9.17, 15) is 4.79 Å². The summed E-state index contributed by atoms with van der Waals surface area (Å²) in [7, 11) is 0. The molecular formula is C30H29Cl2N5OS. The van der Waals surface area contributed by atoms with E-state index in [0.717, 1.165) is 34.0 Å². The van der Waals surface area contributed by atoms with Gasteiger partial charge in [0.2, 0.25) is 5.91 Å². The average Bonchev–Trinajstić information content (AvgIpc) is 3.41. The standard InChI is InChI=1S/C30H29Cl2N5OS/c1-17(2)29(38)34-24-13-12-20(16-23(24)32)37-28(27(35-30(37)39)25-10-7-8-14-33-25)21-15-18(3)36(19(21)4)26-11-6-5-9-22(26)31/h5-17,27-28H,1-4H3,(H,34,38)(H,35,39)/t27-,28-/m1/s1. The molecule has 0 bridgehead atoms. The van der Waals surface area contributed by atoms with Gasteiger partial charge in [-0.05, 0) is 80.2 Å². The second kappa shape index (κ2) is 11.0. The zero-order chi connectivity index (χ0) is 27.8. The summed E-state index contributed by atoms with van der Waals surface area (Å²) < 4.78 is 2.17. The third-order valence-electron chi connectivity index (χ3n) is 6.99. The van der Waals surface area contributed by atoms with Crippen molar-refractivity contribution in [1.29, 1.82) is 0 Å². The number of para-hydroxylation sites is 1. The van der Waals surface area contributed by atoms with Crippen molar-refractivity contribution in [3.05, 3.63) is 106 Å². The van der Waals surface area contributed by atoms with Gasteiger partial charge in [-0.25, -0.2) is 0 Å². The Morgan fingerprint density at radius 1 is 1.03 bits per heavy atom. The lowest BCUT2D eigenvalue weighted by atomic mass is 9.96. The van der Waals surface area contributed by atoms with Gasteiger partial charge < -0.3 is 20.1 Å². The van der Waals surface area contributed by atoms with Crippen LogP contribution in [0.3, 0.4) is 0 Å². The number of benzene rings is 2. The molecule has 1 saturated heterocycles. The van der Waals surface area contributed by atoms with Crippen molar-refractivity contribution in [3.63, 3.8) is 0 Å². The van der Waals surface area contributed by atoms with Crippen molar-refractivity contribution in [2.75, 3.05) is 10.2 Å². The Morgan fingerprint density at radius 3 is 2.44 bits per heavy atom. The van der Waals surface area contributed by atoms with Gasteiger partial charge in [0.25, 0.3) is 0 Å². The summed E-state index contributed by atoms with van der Waals surface area (Å²) in [6.45, 7) is 7.85. The number of amides is 1. The number of carbonyl (C=O) groups excluding carboxylic acids is 1. The predicted octanol–water partition coefficient (Wildman–Crippen LogP) is 7.57. The summed E-state index contributed by atoms with van der Waals surface area (Å²) in [6, 6.07) is 21.0. The van der Waals surface area contributed by atoms with Crippen LogP contribution in [0.25, 0.3) is 5.69 Å². The van der Waals surface area contributed by atoms with Crippen LogP contribution in [0.1, 0.15) is 48.6 Å². The van der Waals surface area contributed by atoms with Crippen molar-refractivity contribution < 1.29 is 4.79 Å². The normalized spacial score (nSPS) is 17.0. The van der Waals surface area contributed by atoms with E-state index in [0.29, 0.717) is 20.8 Å². The van der Waals surface area contributed by atoms with E-state index < -0.39 is 0 Å². The second-order valence-corrected chi connectivity index (χ2v) is 11.1. The van der Waals surface area contributed by atoms with Gasteiger partial charge >= 0.3 is 0 Å². The SMILES string of the molecule is Cc1cc([C@@H]2[C@@H](c3ccccn3)NC(=S)N2c2ccc(NC(=O)C(C)C)c(Cl)c2)c(C)n1-c1ccccc1Cl. The average molecular weight is 579 g/mol. The lowest BCUT2D eigenvalue weighted by molar-refractivity contribution is -0.118. The van der Waals surface area contributed by atoms with Gasteiger partial charge in [0.05, 0.1) is 39.2 Å². The summed E-state index contributed by atoms with van der Waals surface area (Å²) in [6.07, 6.45) is 1.79. The van der Waals surface area contributed by atoms with E-state index in [4.69, 9.17) is 35.4 Å². The molecular weight excluding hydrogens is 549 g/mol. The molecule has 2 aromatic heterocycles. The zero-order valence-electron chi connectivity index (χ0n) is 22.1. The summed E-state index contributed by atoms with van der Waals surface area (Å²) in [5.74, 6) is -0.254. The molecule has 1 aliphatic rings. The van der Waals surface area contributed by atoms with Crippen LogP contribution in [0.15, 0.2) is 72.9 Å². The molecule has 9 heteroatoms. The summed E-state index contributed by atoms with van der Waals surface area (Å²) in [5, 5.41) is 8.07. The van der Waals surface area contributed by atoms with Crippen molar-refractivity contribution >= 4 is 57.8 Å². The molecule has 0 radical (unpaired) electrons. The van der Waals surface area contributed by atoms with E-state index in [1.807, 2.05) is 74.5 Å². The highest BCUT2D eigenvalue weighted by molar-refractivity contribution is 7.80. The van der Waals surface area contributed by atoms with E-state index in [-0.39, 0.29) is 23.9 Å². The number of nitrogens with zero attached hydrogens (tertiary/aromatic N) is 3. The number of rotatable bonds is 6. The number of halogens is 2. The maximum atomic E-state index is 12.3. The number of nitrogens with one attached hydrogen (secondary N) is 2. The summed E-state index contributed by atoms with van der Waals surface area (Å²) in [4.78, 5) is 19.0. The maximum Gasteiger partial charge on any atom is 0.226 e. The number of hydrogen-bond donors (Lipinski definition) is 2. The van der Waals surface area contributed by atoms with Gasteiger partial charge in [-0.1, -0.05) is 55.2 Å². The highest BCUT2D eigenvalue weighted by Gasteiger charge is 2.42. The van der Waals surface area contributed by atoms with Gasteiger partial charge in [0.15, 0.2) is 5.11 Å². The van der Waals surface area contributed by atoms with Crippen molar-refractivity contribution in [2.45, 2.75) is 39.8 Å². The minimum Gasteiger partial charge on any atom is -0.351 e. The second-order valence-electron chi connectivity index (χ2n) is 9.92. The van der Waals surface area contributed by atoms with E-state index in [1.54, 1.807) is 6.20 Å². The molecule has 2 N–H and O–H groups in total. The Bertz CT molecular complexity index is 1550. The fourth-order valence-corrected chi connectivity index (χ4v) is 5.86. The fourth-order valence-electron chi connectivity index (χ4n) is 5.07. The first-order valence-electron chi connectivity index (χ1n) is 12.7. The number of carbonyl (C=O) groups is 1. The van der Waals surface area contributed by atoms with E-state index >= 15 is 0 Å². The third kappa shape index (κ3) is 5.14. The van der Waals surface area contributed by atoms with Crippen LogP contribution in [0.2, 0.25) is 10.0 Å². The Morgan fingerprint density at radius 2 is 1.77 bits per heavy atom. The minimum absolute atomic E-state index is 0.0943. The highest BCUT2D eigenvalue weighted by Crippen LogP contribution is 2.45. The van der Waals surface area contributed by atoms with Gasteiger partial charge in [0, 0.05) is 29.2 Å². The molecule has 1 aliphatic heterocycles. The van der Waals surface area contributed by atoms with E-state index in [1.165, 1.54) is 0 Å². The Labute approximate surface area is 244 Å². The molecule has 5 rings (SSSR count). The lowest BCUT2D eigenvalue weighted by Crippen LogP contribution is -2.29. The Hall–Kier alpha value is -3.39. The molecule has 0 unspecified atom stereocenters. The van der Waals surface area contributed by atoms with Gasteiger partial charge in [0.1, 0.15) is 0 Å². The van der Waals surface area contributed by atoms with Crippen molar-refractivity contribution in [1.82, 2.24) is 14.9 Å². The monoisotopic (exact) mass is 577 g/mol. The fraction of sp³-hybridized carbons (Fsp3) is 0.233. The van der Waals surface area contributed by atoms with Crippen molar-refractivity contribution in [2.24, 2.45) is 5.92 Å². The molecule has 4 aromatic rings. The van der Waals surface area contributed by atoms with Crippen LogP contribution in [-0.2, 0) is 4.79 Å². The topological polar surface area (TPSA) is 62.2 Å². The van der Waals surface area contributed by atoms with Gasteiger partial charge in [-0.2, -0.15) is 0 Å². The number of thiocarbonyl (C=S) groups is 1. The quantitative estimate of drug-likeness (QED) is 0.231. The van der Waals surface area contributed by atoms with Gasteiger partial charge in [-0.3, -0.25) is 9.78 Å². The number of aromatic nitrogens is 2. The molecule has 3 heterocycles. The number of hydrogen-bond acceptors (Lipinski definition) is 3. The highest BCUT2D eigenvalue weighted by atomic mass is 35.5. The van der Waals surface area contributed by atoms with Crippen molar-refractivity contribution in [3.8, 4) is 5.69 Å². The van der Waals surface area contributed by atoms with Crippen LogP contribution in [0.4, 0.5) is 11.4 Å². The molecule has 0 spiro atoms. The van der Waals surface area contributed by atoms with Crippen LogP contribution >= 0.6 is 35.4 Å². The van der Waals surface area contributed by atoms with Crippen LogP contribution in [0.5, 0.6) is 0 Å². The number of pyridine rings is 1. The smallest absolute Gasteiger partial charge is 0.226 e. The first-order valence-corrected chi connectivity index (χ1v) is 13.9. The van der Waals surface area contributed by atoms with Gasteiger partial charge in [-0.15, -0.1) is 0 Å². The molecule has 1 fully saturated rings. The molecule has 39 heavy (non-hydrogen) atoms. The molecule has 0 saturated carbocycles. The molecule has 0 aliphatic carbocycles. The predicted molar refractivity (Wildman–Crippen MR) is 163 cm³/mol. The molecule has 200 valence electrons. The first-order chi connectivity index (χ1) is 18.7.